The number of anilines is 2. The van der Waals surface area contributed by atoms with Crippen molar-refractivity contribution in [3.8, 4) is 0 Å². The molecule has 11 heteroatoms. The van der Waals surface area contributed by atoms with Crippen LogP contribution in [0.4, 0.5) is 20.6 Å². The number of nitrogens with one attached hydrogen (secondary N) is 1. The molecule has 1 unspecified atom stereocenters. The maximum Gasteiger partial charge on any atom is 0.414 e. The van der Waals surface area contributed by atoms with Crippen molar-refractivity contribution >= 4 is 45.3 Å². The summed E-state index contributed by atoms with van der Waals surface area (Å²) >= 11 is 1.33. The van der Waals surface area contributed by atoms with Gasteiger partial charge in [0.05, 0.1) is 29.3 Å². The van der Waals surface area contributed by atoms with E-state index in [1.165, 1.54) is 22.3 Å². The number of carbonyl (C=O) groups excluding carboxylic acids is 2. The van der Waals surface area contributed by atoms with Crippen LogP contribution < -0.4 is 15.1 Å². The Labute approximate surface area is 196 Å². The lowest BCUT2D eigenvalue weighted by Gasteiger charge is -2.58. The van der Waals surface area contributed by atoms with E-state index < -0.39 is 28.6 Å². The van der Waals surface area contributed by atoms with E-state index in [1.807, 2.05) is 10.3 Å². The van der Waals surface area contributed by atoms with Gasteiger partial charge in [0.25, 0.3) is 5.91 Å². The van der Waals surface area contributed by atoms with Gasteiger partial charge in [-0.25, -0.2) is 9.18 Å². The molecule has 8 nitrogen and oxygen atoms in total. The molecular weight excluding hydrogens is 469 g/mol. The van der Waals surface area contributed by atoms with Crippen LogP contribution in [-0.2, 0) is 4.74 Å². The quantitative estimate of drug-likeness (QED) is 0.580. The molecule has 3 aliphatic rings. The van der Waals surface area contributed by atoms with Gasteiger partial charge in [-0.05, 0) is 42.5 Å². The van der Waals surface area contributed by atoms with E-state index in [4.69, 9.17) is 4.74 Å². The van der Waals surface area contributed by atoms with E-state index in [0.717, 1.165) is 12.8 Å². The molecule has 3 N–H and O–H groups in total. The molecule has 3 saturated heterocycles. The summed E-state index contributed by atoms with van der Waals surface area (Å²) in [6.07, 6.45) is 0.529. The number of hydrogen-bond donors (Lipinski definition) is 3. The SMILES string of the molecule is O=C(NCC1CN(c2ccc(N3CCC4(CC3)CS(O)(O)C4)c(F)c2)C(=O)O1)c1cccs1. The molecule has 0 radical (unpaired) electrons. The third-order valence-corrected chi connectivity index (χ3v) is 9.61. The van der Waals surface area contributed by atoms with Crippen LogP contribution in [0.15, 0.2) is 35.7 Å². The predicted octanol–water partition coefficient (Wildman–Crippen LogP) is 3.99. The molecule has 5 rings (SSSR count). The number of cyclic esters (lactones) is 1. The number of rotatable bonds is 5. The molecule has 1 aromatic heterocycles. The third kappa shape index (κ3) is 4.54. The van der Waals surface area contributed by atoms with E-state index in [9.17, 15) is 23.1 Å². The molecule has 3 aliphatic heterocycles. The second-order valence-electron chi connectivity index (χ2n) is 9.02. The maximum atomic E-state index is 15.0. The van der Waals surface area contributed by atoms with Gasteiger partial charge in [0, 0.05) is 30.0 Å². The van der Waals surface area contributed by atoms with Crippen LogP contribution in [0.1, 0.15) is 22.5 Å². The average molecular weight is 496 g/mol. The van der Waals surface area contributed by atoms with Crippen LogP contribution in [0.25, 0.3) is 0 Å². The minimum absolute atomic E-state index is 0.0149. The zero-order chi connectivity index (χ0) is 23.2. The Balaban J connectivity index is 1.18. The Hall–Kier alpha value is -2.34. The molecule has 178 valence electrons. The number of ether oxygens (including phenoxy) is 1. The van der Waals surface area contributed by atoms with Crippen molar-refractivity contribution in [2.45, 2.75) is 18.9 Å². The fraction of sp³-hybridized carbons (Fsp3) is 0.455. The van der Waals surface area contributed by atoms with Crippen LogP contribution >= 0.6 is 21.9 Å². The second-order valence-corrected chi connectivity index (χ2v) is 12.1. The number of amides is 2. The maximum absolute atomic E-state index is 15.0. The van der Waals surface area contributed by atoms with Crippen LogP contribution in [0.2, 0.25) is 0 Å². The number of nitrogens with zero attached hydrogens (tertiary/aromatic N) is 2. The summed E-state index contributed by atoms with van der Waals surface area (Å²) in [5.74, 6) is 0.288. The van der Waals surface area contributed by atoms with Gasteiger partial charge in [0.15, 0.2) is 0 Å². The molecule has 2 aromatic rings. The summed E-state index contributed by atoms with van der Waals surface area (Å²) in [5, 5.41) is 4.58. The van der Waals surface area contributed by atoms with Crippen molar-refractivity contribution in [3.05, 3.63) is 46.4 Å². The molecule has 2 amide bonds. The zero-order valence-corrected chi connectivity index (χ0v) is 19.5. The van der Waals surface area contributed by atoms with Gasteiger partial charge in [-0.15, -0.1) is 11.3 Å². The van der Waals surface area contributed by atoms with Crippen molar-refractivity contribution in [3.63, 3.8) is 0 Å². The van der Waals surface area contributed by atoms with E-state index >= 15 is 0 Å². The lowest BCUT2D eigenvalue weighted by atomic mass is 9.81. The van der Waals surface area contributed by atoms with Crippen LogP contribution in [0.3, 0.4) is 0 Å². The summed E-state index contributed by atoms with van der Waals surface area (Å²) in [6.45, 7) is 1.72. The monoisotopic (exact) mass is 495 g/mol. The molecule has 1 spiro atoms. The topological polar surface area (TPSA) is 102 Å². The van der Waals surface area contributed by atoms with E-state index in [0.29, 0.717) is 40.8 Å². The Morgan fingerprint density at radius 3 is 2.67 bits per heavy atom. The normalized spacial score (nSPS) is 24.3. The van der Waals surface area contributed by atoms with Gasteiger partial charge in [-0.1, -0.05) is 6.07 Å². The lowest BCUT2D eigenvalue weighted by Crippen LogP contribution is -2.52. The number of carbonyl (C=O) groups is 2. The number of thiophene rings is 1. The van der Waals surface area contributed by atoms with Crippen LogP contribution in [0, 0.1) is 11.2 Å². The van der Waals surface area contributed by atoms with E-state index in [2.05, 4.69) is 5.32 Å². The Morgan fingerprint density at radius 1 is 1.27 bits per heavy atom. The highest BCUT2D eigenvalue weighted by Crippen LogP contribution is 2.62. The van der Waals surface area contributed by atoms with Gasteiger partial charge in [-0.3, -0.25) is 18.8 Å². The summed E-state index contributed by atoms with van der Waals surface area (Å²) in [5.41, 5.74) is 0.875. The second kappa shape index (κ2) is 8.46. The third-order valence-electron chi connectivity index (χ3n) is 6.59. The molecule has 3 fully saturated rings. The summed E-state index contributed by atoms with van der Waals surface area (Å²) < 4.78 is 39.8. The van der Waals surface area contributed by atoms with E-state index in [1.54, 1.807) is 24.3 Å². The first-order valence-corrected chi connectivity index (χ1v) is 13.6. The number of halogens is 1. The standard InChI is InChI=1S/C22H26FN3O5S2/c23-17-10-15(3-4-18(17)25-7-5-22(6-8-25)13-33(29,30)14-22)26-12-16(31-21(26)28)11-24-20(27)19-2-1-9-32-19/h1-4,9-10,16,29-30H,5-8,11-14H2,(H,24,27). The van der Waals surface area contributed by atoms with Gasteiger partial charge < -0.3 is 15.0 Å². The minimum Gasteiger partial charge on any atom is -0.442 e. The highest BCUT2D eigenvalue weighted by atomic mass is 32.3. The van der Waals surface area contributed by atoms with Gasteiger partial charge >= 0.3 is 6.09 Å². The highest BCUT2D eigenvalue weighted by Gasteiger charge is 2.49. The number of hydrogen-bond acceptors (Lipinski definition) is 7. The van der Waals surface area contributed by atoms with Crippen molar-refractivity contribution in [1.82, 2.24) is 5.32 Å². The van der Waals surface area contributed by atoms with E-state index in [-0.39, 0.29) is 24.4 Å². The molecule has 1 atom stereocenters. The zero-order valence-electron chi connectivity index (χ0n) is 17.9. The largest absolute Gasteiger partial charge is 0.442 e. The smallest absolute Gasteiger partial charge is 0.414 e. The molecule has 33 heavy (non-hydrogen) atoms. The van der Waals surface area contributed by atoms with Crippen LogP contribution in [0.5, 0.6) is 0 Å². The molecule has 0 saturated carbocycles. The fourth-order valence-corrected chi connectivity index (χ4v) is 8.00. The van der Waals surface area contributed by atoms with Gasteiger partial charge in [0.1, 0.15) is 11.9 Å². The Morgan fingerprint density at radius 2 is 2.03 bits per heavy atom. The Kier molecular flexibility index (Phi) is 5.76. The van der Waals surface area contributed by atoms with Gasteiger partial charge in [-0.2, -0.15) is 10.6 Å². The first-order chi connectivity index (χ1) is 15.7. The van der Waals surface area contributed by atoms with Crippen molar-refractivity contribution in [2.24, 2.45) is 5.41 Å². The first-order valence-electron chi connectivity index (χ1n) is 10.8. The summed E-state index contributed by atoms with van der Waals surface area (Å²) in [7, 11) is -2.39. The molecular formula is C22H26FN3O5S2. The predicted molar refractivity (Wildman–Crippen MR) is 127 cm³/mol. The van der Waals surface area contributed by atoms with Crippen molar-refractivity contribution in [1.29, 1.82) is 0 Å². The fourth-order valence-electron chi connectivity index (χ4n) is 4.91. The van der Waals surface area contributed by atoms with Gasteiger partial charge in [0.2, 0.25) is 0 Å². The van der Waals surface area contributed by atoms with Crippen molar-refractivity contribution in [2.75, 3.05) is 47.5 Å². The van der Waals surface area contributed by atoms with Crippen molar-refractivity contribution < 1.29 is 27.8 Å². The summed E-state index contributed by atoms with van der Waals surface area (Å²) in [6, 6.07) is 8.24. The number of benzene rings is 1. The molecule has 0 bridgehead atoms. The Bertz CT molecular complexity index is 1050. The molecule has 4 heterocycles. The lowest BCUT2D eigenvalue weighted by molar-refractivity contribution is 0.0920. The molecule has 0 aliphatic carbocycles. The molecule has 1 aromatic carbocycles. The number of piperidine rings is 1. The summed E-state index contributed by atoms with van der Waals surface area (Å²) in [4.78, 5) is 28.4. The first kappa shape index (κ1) is 22.5. The minimum atomic E-state index is -2.39. The average Bonchev–Trinajstić information content (AvgIpc) is 3.41. The van der Waals surface area contributed by atoms with Crippen LogP contribution in [-0.4, -0.2) is 64.9 Å². The highest BCUT2D eigenvalue weighted by molar-refractivity contribution is 8.25.